The van der Waals surface area contributed by atoms with Crippen LogP contribution in [0.5, 0.6) is 0 Å². The molecule has 1 aromatic heterocycles. The van der Waals surface area contributed by atoms with Crippen LogP contribution in [-0.4, -0.2) is 35.0 Å². The van der Waals surface area contributed by atoms with Gasteiger partial charge in [0.2, 0.25) is 0 Å². The maximum Gasteiger partial charge on any atom is 0.311 e. The minimum absolute atomic E-state index is 0.233. The first-order chi connectivity index (χ1) is 7.92. The Morgan fingerprint density at radius 3 is 2.65 bits per heavy atom. The number of carboxylic acids is 1. The fourth-order valence-corrected chi connectivity index (χ4v) is 2.01. The lowest BCUT2D eigenvalue weighted by molar-refractivity contribution is -0.147. The number of rotatable bonds is 2. The first-order valence-electron chi connectivity index (χ1n) is 5.51. The number of hydrogen-bond acceptors (Lipinski definition) is 3. The molecule has 17 heavy (non-hydrogen) atoms. The van der Waals surface area contributed by atoms with Crippen molar-refractivity contribution in [2.75, 3.05) is 13.1 Å². The number of aryl methyl sites for hydroxylation is 1. The van der Waals surface area contributed by atoms with E-state index in [4.69, 9.17) is 9.52 Å². The lowest BCUT2D eigenvalue weighted by Crippen LogP contribution is -2.34. The Morgan fingerprint density at radius 1 is 1.47 bits per heavy atom. The summed E-state index contributed by atoms with van der Waals surface area (Å²) < 4.78 is 5.25. The number of amides is 1. The maximum absolute atomic E-state index is 12.0. The summed E-state index contributed by atoms with van der Waals surface area (Å²) in [5, 5.41) is 9.09. The van der Waals surface area contributed by atoms with Crippen molar-refractivity contribution in [1.82, 2.24) is 4.90 Å². The zero-order chi connectivity index (χ0) is 12.6. The fraction of sp³-hybridized carbons (Fsp3) is 0.500. The van der Waals surface area contributed by atoms with Gasteiger partial charge < -0.3 is 14.4 Å². The molecule has 92 valence electrons. The molecule has 0 aromatic carbocycles. The van der Waals surface area contributed by atoms with Crippen LogP contribution < -0.4 is 0 Å². The van der Waals surface area contributed by atoms with Gasteiger partial charge in [-0.1, -0.05) is 0 Å². The lowest BCUT2D eigenvalue weighted by atomic mass is 9.90. The fourth-order valence-electron chi connectivity index (χ4n) is 2.01. The molecule has 2 rings (SSSR count). The van der Waals surface area contributed by atoms with Gasteiger partial charge >= 0.3 is 5.97 Å². The number of carbonyl (C=O) groups is 2. The van der Waals surface area contributed by atoms with Crippen molar-refractivity contribution in [3.8, 4) is 0 Å². The van der Waals surface area contributed by atoms with Crippen LogP contribution in [0.25, 0.3) is 0 Å². The Morgan fingerprint density at radius 2 is 2.18 bits per heavy atom. The van der Waals surface area contributed by atoms with E-state index in [-0.39, 0.29) is 18.2 Å². The predicted molar refractivity (Wildman–Crippen MR) is 59.7 cm³/mol. The molecule has 0 bridgehead atoms. The highest BCUT2D eigenvalue weighted by atomic mass is 16.4. The molecular formula is C12H15NO4. The van der Waals surface area contributed by atoms with Gasteiger partial charge in [0.05, 0.1) is 5.41 Å². The smallest absolute Gasteiger partial charge is 0.311 e. The Kier molecular flexibility index (Phi) is 2.69. The normalized spacial score (nSPS) is 24.0. The molecule has 1 saturated heterocycles. The van der Waals surface area contributed by atoms with Gasteiger partial charge in [0, 0.05) is 13.1 Å². The third-order valence-electron chi connectivity index (χ3n) is 3.23. The molecule has 1 fully saturated rings. The minimum atomic E-state index is -0.858. The minimum Gasteiger partial charge on any atom is -0.481 e. The van der Waals surface area contributed by atoms with E-state index in [0.717, 1.165) is 0 Å². The summed E-state index contributed by atoms with van der Waals surface area (Å²) in [5.74, 6) is -0.141. The second-order valence-corrected chi connectivity index (χ2v) is 4.75. The summed E-state index contributed by atoms with van der Waals surface area (Å²) in [6.07, 6.45) is 0.480. The van der Waals surface area contributed by atoms with Gasteiger partial charge in [0.25, 0.3) is 5.91 Å². The number of aliphatic carboxylic acids is 1. The molecule has 0 unspecified atom stereocenters. The molecule has 0 spiro atoms. The SMILES string of the molecule is Cc1ccc(C(=O)N2CC[C@@](C)(C(=O)O)C2)o1. The zero-order valence-electron chi connectivity index (χ0n) is 9.90. The van der Waals surface area contributed by atoms with Crippen molar-refractivity contribution in [3.05, 3.63) is 23.7 Å². The number of hydrogen-bond donors (Lipinski definition) is 1. The van der Waals surface area contributed by atoms with Crippen LogP contribution in [0.2, 0.25) is 0 Å². The second-order valence-electron chi connectivity index (χ2n) is 4.75. The largest absolute Gasteiger partial charge is 0.481 e. The summed E-state index contributed by atoms with van der Waals surface area (Å²) in [5.41, 5.74) is -0.836. The third-order valence-corrected chi connectivity index (χ3v) is 3.23. The molecule has 1 atom stereocenters. The van der Waals surface area contributed by atoms with Gasteiger partial charge in [-0.2, -0.15) is 0 Å². The highest BCUT2D eigenvalue weighted by Gasteiger charge is 2.42. The van der Waals surface area contributed by atoms with Crippen molar-refractivity contribution >= 4 is 11.9 Å². The Balaban J connectivity index is 2.11. The molecule has 0 saturated carbocycles. The summed E-state index contributed by atoms with van der Waals surface area (Å²) in [6, 6.07) is 3.34. The molecule has 0 radical (unpaired) electrons. The number of nitrogens with zero attached hydrogens (tertiary/aromatic N) is 1. The van der Waals surface area contributed by atoms with E-state index in [9.17, 15) is 9.59 Å². The maximum atomic E-state index is 12.0. The van der Waals surface area contributed by atoms with E-state index in [1.165, 1.54) is 4.90 Å². The quantitative estimate of drug-likeness (QED) is 0.846. The molecule has 1 N–H and O–H groups in total. The van der Waals surface area contributed by atoms with Crippen LogP contribution in [0.3, 0.4) is 0 Å². The predicted octanol–water partition coefficient (Wildman–Crippen LogP) is 1.52. The topological polar surface area (TPSA) is 70.8 Å². The second kappa shape index (κ2) is 3.91. The lowest BCUT2D eigenvalue weighted by Gasteiger charge is -2.19. The van der Waals surface area contributed by atoms with E-state index in [2.05, 4.69) is 0 Å². The molecular weight excluding hydrogens is 222 g/mol. The molecule has 1 amide bonds. The standard InChI is InChI=1S/C12H15NO4/c1-8-3-4-9(17-8)10(14)13-6-5-12(2,7-13)11(15)16/h3-4H,5-7H2,1-2H3,(H,15,16)/t12-/m1/s1. The number of carboxylic acid groups (broad SMARTS) is 1. The number of likely N-dealkylation sites (tertiary alicyclic amines) is 1. The summed E-state index contributed by atoms with van der Waals surface area (Å²) in [6.45, 7) is 4.13. The molecule has 5 nitrogen and oxygen atoms in total. The molecule has 1 aliphatic rings. The zero-order valence-corrected chi connectivity index (χ0v) is 9.90. The van der Waals surface area contributed by atoms with Crippen molar-refractivity contribution in [2.24, 2.45) is 5.41 Å². The van der Waals surface area contributed by atoms with E-state index in [1.807, 2.05) is 0 Å². The first kappa shape index (κ1) is 11.7. The average Bonchev–Trinajstić information content (AvgIpc) is 2.85. The van der Waals surface area contributed by atoms with Gasteiger partial charge in [0.15, 0.2) is 5.76 Å². The molecule has 1 aliphatic heterocycles. The van der Waals surface area contributed by atoms with Crippen LogP contribution >= 0.6 is 0 Å². The van der Waals surface area contributed by atoms with Crippen LogP contribution in [0.15, 0.2) is 16.5 Å². The summed E-state index contributed by atoms with van der Waals surface area (Å²) in [4.78, 5) is 24.6. The van der Waals surface area contributed by atoms with Crippen LogP contribution in [0.1, 0.15) is 29.7 Å². The van der Waals surface area contributed by atoms with Gasteiger partial charge in [-0.15, -0.1) is 0 Å². The first-order valence-corrected chi connectivity index (χ1v) is 5.51. The van der Waals surface area contributed by atoms with Crippen molar-refractivity contribution in [1.29, 1.82) is 0 Å². The number of carbonyl (C=O) groups excluding carboxylic acids is 1. The van der Waals surface area contributed by atoms with Crippen LogP contribution in [0, 0.1) is 12.3 Å². The Labute approximate surface area is 99.0 Å². The van der Waals surface area contributed by atoms with Gasteiger partial charge in [-0.3, -0.25) is 9.59 Å². The van der Waals surface area contributed by atoms with E-state index in [1.54, 1.807) is 26.0 Å². The third kappa shape index (κ3) is 2.05. The van der Waals surface area contributed by atoms with Crippen molar-refractivity contribution in [3.63, 3.8) is 0 Å². The van der Waals surface area contributed by atoms with E-state index in [0.29, 0.717) is 18.7 Å². The highest BCUT2D eigenvalue weighted by Crippen LogP contribution is 2.31. The highest BCUT2D eigenvalue weighted by molar-refractivity contribution is 5.92. The Hall–Kier alpha value is -1.78. The average molecular weight is 237 g/mol. The van der Waals surface area contributed by atoms with Crippen LogP contribution in [0.4, 0.5) is 0 Å². The summed E-state index contributed by atoms with van der Waals surface area (Å²) in [7, 11) is 0. The van der Waals surface area contributed by atoms with E-state index < -0.39 is 11.4 Å². The van der Waals surface area contributed by atoms with Gasteiger partial charge in [-0.05, 0) is 32.4 Å². The van der Waals surface area contributed by atoms with E-state index >= 15 is 0 Å². The van der Waals surface area contributed by atoms with Gasteiger partial charge in [0.1, 0.15) is 5.76 Å². The van der Waals surface area contributed by atoms with Crippen molar-refractivity contribution < 1.29 is 19.1 Å². The molecule has 5 heteroatoms. The number of furan rings is 1. The molecule has 0 aliphatic carbocycles. The van der Waals surface area contributed by atoms with Gasteiger partial charge in [-0.25, -0.2) is 0 Å². The summed E-state index contributed by atoms with van der Waals surface area (Å²) >= 11 is 0. The molecule has 1 aromatic rings. The van der Waals surface area contributed by atoms with Crippen LogP contribution in [-0.2, 0) is 4.79 Å². The van der Waals surface area contributed by atoms with Crippen molar-refractivity contribution in [2.45, 2.75) is 20.3 Å². The molecule has 2 heterocycles. The monoisotopic (exact) mass is 237 g/mol. The Bertz CT molecular complexity index is 465.